The van der Waals surface area contributed by atoms with Gasteiger partial charge in [0.25, 0.3) is 0 Å². The number of nitrogens with one attached hydrogen (secondary N) is 2. The van der Waals surface area contributed by atoms with Gasteiger partial charge in [-0.3, -0.25) is 9.67 Å². The molecule has 0 saturated heterocycles. The topological polar surface area (TPSA) is 54.2 Å². The van der Waals surface area contributed by atoms with Gasteiger partial charge in [0.2, 0.25) is 0 Å². The van der Waals surface area contributed by atoms with Gasteiger partial charge in [-0.1, -0.05) is 24.6 Å². The van der Waals surface area contributed by atoms with Gasteiger partial charge in [-0.05, 0) is 36.5 Å². The molecule has 2 aromatic rings. The highest BCUT2D eigenvalue weighted by atomic mass is 127. The van der Waals surface area contributed by atoms with Gasteiger partial charge in [0, 0.05) is 38.8 Å². The van der Waals surface area contributed by atoms with Crippen LogP contribution in [0.4, 0.5) is 13.2 Å². The van der Waals surface area contributed by atoms with Crippen molar-refractivity contribution in [1.29, 1.82) is 0 Å². The van der Waals surface area contributed by atoms with Gasteiger partial charge in [0.1, 0.15) is 0 Å². The Morgan fingerprint density at radius 3 is 2.59 bits per heavy atom. The summed E-state index contributed by atoms with van der Waals surface area (Å²) < 4.78 is 41.0. The zero-order valence-electron chi connectivity index (χ0n) is 16.6. The normalized spacial score (nSPS) is 16.0. The van der Waals surface area contributed by atoms with Crippen molar-refractivity contribution >= 4 is 29.9 Å². The maximum absolute atomic E-state index is 13.1. The summed E-state index contributed by atoms with van der Waals surface area (Å²) >= 11 is 0. The minimum Gasteiger partial charge on any atom is -0.356 e. The Morgan fingerprint density at radius 1 is 1.28 bits per heavy atom. The highest BCUT2D eigenvalue weighted by Crippen LogP contribution is 2.44. The van der Waals surface area contributed by atoms with E-state index in [1.54, 1.807) is 17.8 Å². The van der Waals surface area contributed by atoms with Gasteiger partial charge >= 0.3 is 6.18 Å². The molecular weight excluding hydrogens is 494 g/mol. The molecule has 1 aliphatic rings. The first-order valence-corrected chi connectivity index (χ1v) is 9.42. The number of hydrogen-bond donors (Lipinski definition) is 2. The van der Waals surface area contributed by atoms with Crippen molar-refractivity contribution in [3.8, 4) is 0 Å². The van der Waals surface area contributed by atoms with Crippen molar-refractivity contribution in [3.63, 3.8) is 0 Å². The first kappa shape index (κ1) is 23.5. The molecule has 0 bridgehead atoms. The van der Waals surface area contributed by atoms with E-state index in [1.807, 2.05) is 19.4 Å². The van der Waals surface area contributed by atoms with Gasteiger partial charge in [0.15, 0.2) is 5.96 Å². The van der Waals surface area contributed by atoms with E-state index in [2.05, 4.69) is 20.7 Å². The van der Waals surface area contributed by atoms with Gasteiger partial charge in [-0.25, -0.2) is 0 Å². The average Bonchev–Trinajstić information content (AvgIpc) is 3.04. The molecule has 5 nitrogen and oxygen atoms in total. The van der Waals surface area contributed by atoms with E-state index in [1.165, 1.54) is 12.1 Å². The summed E-state index contributed by atoms with van der Waals surface area (Å²) in [5.74, 6) is 0.655. The Labute approximate surface area is 186 Å². The van der Waals surface area contributed by atoms with E-state index in [4.69, 9.17) is 0 Å². The molecule has 1 aromatic carbocycles. The average molecular weight is 521 g/mol. The Balaban J connectivity index is 0.00000300. The Hall–Kier alpha value is -1.78. The molecule has 29 heavy (non-hydrogen) atoms. The van der Waals surface area contributed by atoms with Crippen LogP contribution in [-0.2, 0) is 25.1 Å². The zero-order chi connectivity index (χ0) is 20.2. The highest BCUT2D eigenvalue weighted by Gasteiger charge is 2.40. The molecule has 2 N–H and O–H groups in total. The maximum atomic E-state index is 13.1. The maximum Gasteiger partial charge on any atom is 0.416 e. The lowest BCUT2D eigenvalue weighted by Gasteiger charge is -2.43. The molecule has 0 unspecified atom stereocenters. The van der Waals surface area contributed by atoms with Crippen LogP contribution in [0.25, 0.3) is 0 Å². The molecule has 3 rings (SSSR count). The number of rotatable bonds is 6. The second kappa shape index (κ2) is 9.82. The first-order chi connectivity index (χ1) is 13.3. The Kier molecular flexibility index (Phi) is 7.95. The van der Waals surface area contributed by atoms with E-state index in [0.29, 0.717) is 19.0 Å². The third-order valence-corrected chi connectivity index (χ3v) is 5.40. The summed E-state index contributed by atoms with van der Waals surface area (Å²) in [5.41, 5.74) is 1.01. The van der Waals surface area contributed by atoms with Gasteiger partial charge in [-0.2, -0.15) is 18.3 Å². The lowest BCUT2D eigenvalue weighted by molar-refractivity contribution is -0.137. The summed E-state index contributed by atoms with van der Waals surface area (Å²) in [4.78, 5) is 4.23. The van der Waals surface area contributed by atoms with Gasteiger partial charge in [-0.15, -0.1) is 24.0 Å². The summed E-state index contributed by atoms with van der Waals surface area (Å²) in [6, 6.07) is 5.72. The molecule has 9 heteroatoms. The summed E-state index contributed by atoms with van der Waals surface area (Å²) in [6.07, 6.45) is 3.04. The summed E-state index contributed by atoms with van der Waals surface area (Å²) in [7, 11) is 3.57. The zero-order valence-corrected chi connectivity index (χ0v) is 18.9. The van der Waals surface area contributed by atoms with Crippen LogP contribution in [0.3, 0.4) is 0 Å². The quantitative estimate of drug-likeness (QED) is 0.345. The third kappa shape index (κ3) is 5.86. The van der Waals surface area contributed by atoms with Crippen molar-refractivity contribution in [3.05, 3.63) is 53.3 Å². The lowest BCUT2D eigenvalue weighted by atomic mass is 9.64. The number of alkyl halides is 3. The molecular formula is C20H27F3IN5. The molecule has 1 heterocycles. The van der Waals surface area contributed by atoms with E-state index in [-0.39, 0.29) is 29.4 Å². The van der Waals surface area contributed by atoms with Gasteiger partial charge in [0.05, 0.1) is 11.8 Å². The largest absolute Gasteiger partial charge is 0.416 e. The highest BCUT2D eigenvalue weighted by molar-refractivity contribution is 14.0. The van der Waals surface area contributed by atoms with E-state index in [9.17, 15) is 13.2 Å². The standard InChI is InChI=1S/C20H26F3N5.HI/c1-24-18(25-10-7-15-12-27-28(2)13-15)26-14-19(8-4-9-19)16-5-3-6-17(11-16)20(21,22)23;/h3,5-6,11-13H,4,7-10,14H2,1-2H3,(H2,24,25,26);1H. The van der Waals surface area contributed by atoms with Crippen LogP contribution in [0.2, 0.25) is 0 Å². The molecule has 0 amide bonds. The number of aromatic nitrogens is 2. The molecule has 0 aliphatic heterocycles. The molecule has 1 aliphatic carbocycles. The minimum absolute atomic E-state index is 0. The van der Waals surface area contributed by atoms with E-state index >= 15 is 0 Å². The number of benzene rings is 1. The molecule has 1 aromatic heterocycles. The molecule has 1 saturated carbocycles. The van der Waals surface area contributed by atoms with Crippen LogP contribution in [0.5, 0.6) is 0 Å². The smallest absolute Gasteiger partial charge is 0.356 e. The number of guanidine groups is 1. The van der Waals surface area contributed by atoms with Crippen LogP contribution in [0, 0.1) is 0 Å². The van der Waals surface area contributed by atoms with Crippen molar-refractivity contribution < 1.29 is 13.2 Å². The van der Waals surface area contributed by atoms with Gasteiger partial charge < -0.3 is 10.6 Å². The number of aliphatic imine (C=N–C) groups is 1. The number of nitrogens with zero attached hydrogens (tertiary/aromatic N) is 3. The third-order valence-electron chi connectivity index (χ3n) is 5.40. The second-order valence-corrected chi connectivity index (χ2v) is 7.34. The fourth-order valence-electron chi connectivity index (χ4n) is 3.60. The van der Waals surface area contributed by atoms with Crippen LogP contribution in [-0.4, -0.2) is 35.9 Å². The summed E-state index contributed by atoms with van der Waals surface area (Å²) in [5, 5.41) is 10.7. The van der Waals surface area contributed by atoms with Crippen LogP contribution in [0.15, 0.2) is 41.7 Å². The predicted molar refractivity (Wildman–Crippen MR) is 119 cm³/mol. The number of hydrogen-bond acceptors (Lipinski definition) is 2. The lowest BCUT2D eigenvalue weighted by Crippen LogP contribution is -2.49. The van der Waals surface area contributed by atoms with Crippen molar-refractivity contribution in [2.24, 2.45) is 12.0 Å². The van der Waals surface area contributed by atoms with E-state index < -0.39 is 11.7 Å². The Morgan fingerprint density at radius 2 is 2.03 bits per heavy atom. The van der Waals surface area contributed by atoms with Crippen LogP contribution >= 0.6 is 24.0 Å². The SMILES string of the molecule is CN=C(NCCc1cnn(C)c1)NCC1(c2cccc(C(F)(F)F)c2)CCC1.I. The van der Waals surface area contributed by atoms with Crippen molar-refractivity contribution in [2.45, 2.75) is 37.3 Å². The minimum atomic E-state index is -4.32. The molecule has 0 spiro atoms. The number of halogens is 4. The second-order valence-electron chi connectivity index (χ2n) is 7.34. The molecule has 160 valence electrons. The predicted octanol–water partition coefficient (Wildman–Crippen LogP) is 3.89. The molecule has 0 atom stereocenters. The van der Waals surface area contributed by atoms with Crippen molar-refractivity contribution in [1.82, 2.24) is 20.4 Å². The molecule has 1 fully saturated rings. The molecule has 0 radical (unpaired) electrons. The number of aryl methyl sites for hydroxylation is 1. The first-order valence-electron chi connectivity index (χ1n) is 9.42. The van der Waals surface area contributed by atoms with Crippen LogP contribution in [0.1, 0.15) is 36.0 Å². The summed E-state index contributed by atoms with van der Waals surface area (Å²) in [6.45, 7) is 1.25. The fourth-order valence-corrected chi connectivity index (χ4v) is 3.60. The monoisotopic (exact) mass is 521 g/mol. The Bertz CT molecular complexity index is 828. The van der Waals surface area contributed by atoms with Crippen molar-refractivity contribution in [2.75, 3.05) is 20.1 Å². The fraction of sp³-hybridized carbons (Fsp3) is 0.500. The van der Waals surface area contributed by atoms with Crippen LogP contribution < -0.4 is 10.6 Å². The van der Waals surface area contributed by atoms with E-state index in [0.717, 1.165) is 42.9 Å².